The predicted molar refractivity (Wildman–Crippen MR) is 159 cm³/mol. The van der Waals surface area contributed by atoms with Crippen molar-refractivity contribution >= 4 is 17.4 Å². The topological polar surface area (TPSA) is 66.8 Å². The lowest BCUT2D eigenvalue weighted by Gasteiger charge is -2.25. The fourth-order valence-corrected chi connectivity index (χ4v) is 5.47. The van der Waals surface area contributed by atoms with Crippen LogP contribution < -0.4 is 4.74 Å². The van der Waals surface area contributed by atoms with Crippen LogP contribution >= 0.6 is 0 Å². The number of amides is 1. The van der Waals surface area contributed by atoms with E-state index in [9.17, 15) is 14.7 Å². The quantitative estimate of drug-likeness (QED) is 0.0901. The molecule has 5 nitrogen and oxygen atoms in total. The molecule has 212 valence electrons. The zero-order valence-corrected chi connectivity index (χ0v) is 24.0. The number of ketones is 1. The van der Waals surface area contributed by atoms with E-state index in [0.717, 1.165) is 24.8 Å². The summed E-state index contributed by atoms with van der Waals surface area (Å²) >= 11 is 0. The summed E-state index contributed by atoms with van der Waals surface area (Å²) in [4.78, 5) is 27.9. The van der Waals surface area contributed by atoms with E-state index >= 15 is 0 Å². The maximum absolute atomic E-state index is 13.2. The van der Waals surface area contributed by atoms with Gasteiger partial charge in [0.05, 0.1) is 18.7 Å². The second kappa shape index (κ2) is 16.8. The van der Waals surface area contributed by atoms with Crippen LogP contribution in [-0.4, -0.2) is 35.4 Å². The Kier molecular flexibility index (Phi) is 13.1. The highest BCUT2D eigenvalue weighted by molar-refractivity contribution is 6.46. The highest BCUT2D eigenvalue weighted by Gasteiger charge is 2.45. The van der Waals surface area contributed by atoms with Crippen molar-refractivity contribution in [1.29, 1.82) is 0 Å². The van der Waals surface area contributed by atoms with Gasteiger partial charge in [0.25, 0.3) is 11.7 Å². The molecule has 1 fully saturated rings. The van der Waals surface area contributed by atoms with Crippen LogP contribution in [0.1, 0.15) is 114 Å². The van der Waals surface area contributed by atoms with Gasteiger partial charge in [-0.25, -0.2) is 0 Å². The number of aliphatic hydroxyl groups is 1. The highest BCUT2D eigenvalue weighted by Crippen LogP contribution is 2.40. The van der Waals surface area contributed by atoms with Crippen molar-refractivity contribution in [3.05, 3.63) is 71.3 Å². The van der Waals surface area contributed by atoms with Crippen LogP contribution in [0.2, 0.25) is 0 Å². The van der Waals surface area contributed by atoms with Crippen molar-refractivity contribution in [2.75, 3.05) is 13.7 Å². The van der Waals surface area contributed by atoms with Crippen molar-refractivity contribution in [3.8, 4) is 5.75 Å². The van der Waals surface area contributed by atoms with Crippen molar-refractivity contribution in [1.82, 2.24) is 4.90 Å². The minimum Gasteiger partial charge on any atom is -0.507 e. The minimum absolute atomic E-state index is 0.127. The molecule has 39 heavy (non-hydrogen) atoms. The third kappa shape index (κ3) is 8.98. The standard InChI is InChI=1S/C34H47NO4/c1-3-4-5-6-7-8-9-10-11-12-13-14-15-19-26-35-31(27-22-24-29(39-2)25-23-27)30(33(37)34(35)38)32(36)28-20-17-16-18-21-28/h16-18,20-25,31,36H,3-15,19,26H2,1-2H3/t31-/m0/s1. The molecule has 1 atom stereocenters. The fraction of sp³-hybridized carbons (Fsp3) is 0.529. The van der Waals surface area contributed by atoms with Crippen molar-refractivity contribution in [3.63, 3.8) is 0 Å². The van der Waals surface area contributed by atoms with Crippen LogP contribution in [0.5, 0.6) is 5.75 Å². The number of likely N-dealkylation sites (tertiary alicyclic amines) is 1. The normalized spacial score (nSPS) is 16.7. The first kappa shape index (κ1) is 30.5. The molecular weight excluding hydrogens is 486 g/mol. The number of hydrogen-bond donors (Lipinski definition) is 1. The van der Waals surface area contributed by atoms with E-state index in [1.165, 1.54) is 70.6 Å². The highest BCUT2D eigenvalue weighted by atomic mass is 16.5. The van der Waals surface area contributed by atoms with Crippen LogP contribution in [0.15, 0.2) is 60.2 Å². The second-order valence-electron chi connectivity index (χ2n) is 10.7. The molecule has 0 bridgehead atoms. The number of carbonyl (C=O) groups excluding carboxylic acids is 2. The van der Waals surface area contributed by atoms with Gasteiger partial charge in [0, 0.05) is 12.1 Å². The predicted octanol–water partition coefficient (Wildman–Crippen LogP) is 8.60. The van der Waals surface area contributed by atoms with Crippen molar-refractivity contribution in [2.24, 2.45) is 0 Å². The first-order valence-electron chi connectivity index (χ1n) is 15.1. The molecular formula is C34H47NO4. The van der Waals surface area contributed by atoms with Gasteiger partial charge < -0.3 is 14.7 Å². The largest absolute Gasteiger partial charge is 0.507 e. The summed E-state index contributed by atoms with van der Waals surface area (Å²) in [5.74, 6) is -0.588. The number of benzene rings is 2. The zero-order valence-electron chi connectivity index (χ0n) is 24.0. The van der Waals surface area contributed by atoms with E-state index in [1.807, 2.05) is 42.5 Å². The van der Waals surface area contributed by atoms with E-state index in [2.05, 4.69) is 6.92 Å². The molecule has 1 aliphatic heterocycles. The Balaban J connectivity index is 1.52. The third-order valence-corrected chi connectivity index (χ3v) is 7.77. The molecule has 5 heteroatoms. The van der Waals surface area contributed by atoms with E-state index in [1.54, 1.807) is 24.1 Å². The number of carbonyl (C=O) groups is 2. The van der Waals surface area contributed by atoms with Crippen LogP contribution in [0.3, 0.4) is 0 Å². The maximum Gasteiger partial charge on any atom is 0.295 e. The summed E-state index contributed by atoms with van der Waals surface area (Å²) in [7, 11) is 1.60. The molecule has 1 amide bonds. The van der Waals surface area contributed by atoms with E-state index < -0.39 is 17.7 Å². The van der Waals surface area contributed by atoms with Crippen LogP contribution in [0.4, 0.5) is 0 Å². The average molecular weight is 534 g/mol. The second-order valence-corrected chi connectivity index (χ2v) is 10.7. The molecule has 1 aliphatic rings. The summed E-state index contributed by atoms with van der Waals surface area (Å²) in [6.45, 7) is 2.75. The number of nitrogens with zero attached hydrogens (tertiary/aromatic N) is 1. The molecule has 1 saturated heterocycles. The van der Waals surface area contributed by atoms with E-state index in [0.29, 0.717) is 17.9 Å². The number of rotatable bonds is 18. The number of aliphatic hydroxyl groups excluding tert-OH is 1. The Morgan fingerprint density at radius 3 is 1.77 bits per heavy atom. The van der Waals surface area contributed by atoms with Crippen molar-refractivity contribution in [2.45, 2.75) is 103 Å². The Morgan fingerprint density at radius 1 is 0.744 bits per heavy atom. The Morgan fingerprint density at radius 2 is 1.26 bits per heavy atom. The molecule has 0 spiro atoms. The number of Topliss-reactive ketones (excluding diaryl/α,β-unsaturated/α-hetero) is 1. The lowest BCUT2D eigenvalue weighted by molar-refractivity contribution is -0.139. The Hall–Kier alpha value is -3.08. The summed E-state index contributed by atoms with van der Waals surface area (Å²) in [6.07, 6.45) is 17.7. The van der Waals surface area contributed by atoms with Gasteiger partial charge in [0.2, 0.25) is 0 Å². The summed E-state index contributed by atoms with van der Waals surface area (Å²) in [5.41, 5.74) is 1.48. The molecule has 2 aromatic rings. The summed E-state index contributed by atoms with van der Waals surface area (Å²) < 4.78 is 5.29. The van der Waals surface area contributed by atoms with Gasteiger partial charge in [-0.2, -0.15) is 0 Å². The molecule has 3 rings (SSSR count). The monoisotopic (exact) mass is 533 g/mol. The van der Waals surface area contributed by atoms with Crippen LogP contribution in [-0.2, 0) is 9.59 Å². The number of ether oxygens (including phenoxy) is 1. The SMILES string of the molecule is CCCCCCCCCCCCCCCCN1C(=O)C(=O)C(=C(O)c2ccccc2)[C@@H]1c1ccc(OC)cc1. The lowest BCUT2D eigenvalue weighted by atomic mass is 9.95. The number of methoxy groups -OCH3 is 1. The molecule has 1 heterocycles. The fourth-order valence-electron chi connectivity index (χ4n) is 5.47. The molecule has 0 aromatic heterocycles. The van der Waals surface area contributed by atoms with Gasteiger partial charge in [-0.1, -0.05) is 133 Å². The Bertz CT molecular complexity index is 1040. The molecule has 2 aromatic carbocycles. The molecule has 0 aliphatic carbocycles. The number of hydrogen-bond acceptors (Lipinski definition) is 4. The molecule has 0 unspecified atom stereocenters. The molecule has 0 radical (unpaired) electrons. The van der Waals surface area contributed by atoms with Gasteiger partial charge >= 0.3 is 0 Å². The third-order valence-electron chi connectivity index (χ3n) is 7.77. The van der Waals surface area contributed by atoms with E-state index in [4.69, 9.17) is 4.74 Å². The summed E-state index contributed by atoms with van der Waals surface area (Å²) in [5, 5.41) is 11.1. The van der Waals surface area contributed by atoms with Crippen LogP contribution in [0.25, 0.3) is 5.76 Å². The first-order chi connectivity index (χ1) is 19.1. The van der Waals surface area contributed by atoms with Gasteiger partial charge in [-0.3, -0.25) is 9.59 Å². The van der Waals surface area contributed by atoms with Crippen molar-refractivity contribution < 1.29 is 19.4 Å². The van der Waals surface area contributed by atoms with Gasteiger partial charge in [-0.05, 0) is 24.1 Å². The minimum atomic E-state index is -0.623. The smallest absolute Gasteiger partial charge is 0.295 e. The van der Waals surface area contributed by atoms with Crippen LogP contribution in [0, 0.1) is 0 Å². The summed E-state index contributed by atoms with van der Waals surface area (Å²) in [6, 6.07) is 15.7. The van der Waals surface area contributed by atoms with Gasteiger partial charge in [-0.15, -0.1) is 0 Å². The number of unbranched alkanes of at least 4 members (excludes halogenated alkanes) is 13. The van der Waals surface area contributed by atoms with Gasteiger partial charge in [0.1, 0.15) is 11.5 Å². The van der Waals surface area contributed by atoms with Gasteiger partial charge in [0.15, 0.2) is 0 Å². The Labute approximate surface area is 235 Å². The van der Waals surface area contributed by atoms with E-state index in [-0.39, 0.29) is 11.3 Å². The first-order valence-corrected chi connectivity index (χ1v) is 15.1. The molecule has 0 saturated carbocycles. The lowest BCUT2D eigenvalue weighted by Crippen LogP contribution is -2.30. The average Bonchev–Trinajstić information content (AvgIpc) is 3.22. The maximum atomic E-state index is 13.2. The molecule has 1 N–H and O–H groups in total. The zero-order chi connectivity index (χ0) is 27.9.